The predicted octanol–water partition coefficient (Wildman–Crippen LogP) is 1.89. The maximum absolute atomic E-state index is 8.86. The zero-order valence-corrected chi connectivity index (χ0v) is 13.4. The second-order valence-corrected chi connectivity index (χ2v) is 6.18. The average molecular weight is 331 g/mol. The van der Waals surface area contributed by atoms with Gasteiger partial charge in [-0.1, -0.05) is 17.8 Å². The number of nitriles is 1. The monoisotopic (exact) mass is 331 g/mol. The van der Waals surface area contributed by atoms with Crippen LogP contribution in [0.3, 0.4) is 0 Å². The summed E-state index contributed by atoms with van der Waals surface area (Å²) in [6, 6.07) is 9.22. The van der Waals surface area contributed by atoms with Crippen LogP contribution in [0.1, 0.15) is 18.4 Å². The number of tetrazole rings is 1. The third-order valence-corrected chi connectivity index (χ3v) is 4.37. The Hall–Kier alpha value is -2.11. The number of rotatable bonds is 7. The third kappa shape index (κ3) is 4.43. The van der Waals surface area contributed by atoms with Gasteiger partial charge in [0.15, 0.2) is 0 Å². The van der Waals surface area contributed by atoms with Crippen molar-refractivity contribution in [3.8, 4) is 11.8 Å². The molecule has 0 saturated carbocycles. The molecule has 1 fully saturated rings. The normalized spacial score (nSPS) is 17.1. The number of benzene rings is 1. The minimum Gasteiger partial charge on any atom is -0.493 e. The van der Waals surface area contributed by atoms with Crippen LogP contribution in [-0.4, -0.2) is 45.3 Å². The average Bonchev–Trinajstić information content (AvgIpc) is 3.24. The first kappa shape index (κ1) is 15.8. The molecule has 1 atom stereocenters. The second kappa shape index (κ2) is 7.94. The van der Waals surface area contributed by atoms with Gasteiger partial charge in [-0.05, 0) is 41.5 Å². The first-order chi connectivity index (χ1) is 11.3. The van der Waals surface area contributed by atoms with Gasteiger partial charge < -0.3 is 9.47 Å². The molecule has 1 aromatic carbocycles. The van der Waals surface area contributed by atoms with Gasteiger partial charge >= 0.3 is 0 Å². The van der Waals surface area contributed by atoms with E-state index in [1.807, 2.05) is 12.1 Å². The van der Waals surface area contributed by atoms with Gasteiger partial charge in [-0.3, -0.25) is 0 Å². The van der Waals surface area contributed by atoms with Crippen LogP contribution in [0.4, 0.5) is 0 Å². The first-order valence-electron chi connectivity index (χ1n) is 7.48. The van der Waals surface area contributed by atoms with Crippen LogP contribution in [0.15, 0.2) is 29.4 Å². The molecule has 0 N–H and O–H groups in total. The van der Waals surface area contributed by atoms with Crippen molar-refractivity contribution < 1.29 is 9.47 Å². The molecule has 1 aromatic heterocycles. The molecular weight excluding hydrogens is 314 g/mol. The van der Waals surface area contributed by atoms with Crippen molar-refractivity contribution in [2.45, 2.75) is 30.6 Å². The Morgan fingerprint density at radius 1 is 1.48 bits per heavy atom. The number of hydrogen-bond donors (Lipinski definition) is 0. The molecule has 1 aliphatic heterocycles. The molecule has 1 aliphatic rings. The molecule has 120 valence electrons. The molecule has 1 saturated heterocycles. The van der Waals surface area contributed by atoms with Gasteiger partial charge in [0.25, 0.3) is 0 Å². The molecule has 0 radical (unpaired) electrons. The van der Waals surface area contributed by atoms with E-state index in [0.29, 0.717) is 24.5 Å². The Morgan fingerprint density at radius 2 is 2.43 bits per heavy atom. The predicted molar refractivity (Wildman–Crippen MR) is 84.2 cm³/mol. The van der Waals surface area contributed by atoms with Gasteiger partial charge in [0, 0.05) is 12.4 Å². The molecule has 0 aliphatic carbocycles. The molecule has 1 unspecified atom stereocenters. The van der Waals surface area contributed by atoms with Gasteiger partial charge in [-0.25, -0.2) is 4.68 Å². The van der Waals surface area contributed by atoms with Crippen LogP contribution in [0.5, 0.6) is 5.75 Å². The van der Waals surface area contributed by atoms with E-state index in [4.69, 9.17) is 14.7 Å². The van der Waals surface area contributed by atoms with Crippen LogP contribution in [0.2, 0.25) is 0 Å². The molecule has 2 heterocycles. The molecule has 0 spiro atoms. The van der Waals surface area contributed by atoms with E-state index in [9.17, 15) is 0 Å². The van der Waals surface area contributed by atoms with Gasteiger partial charge in [-0.2, -0.15) is 5.26 Å². The molecule has 0 bridgehead atoms. The molecule has 8 heteroatoms. The van der Waals surface area contributed by atoms with E-state index >= 15 is 0 Å². The van der Waals surface area contributed by atoms with Crippen LogP contribution >= 0.6 is 11.8 Å². The van der Waals surface area contributed by atoms with Crippen LogP contribution in [0.25, 0.3) is 0 Å². The van der Waals surface area contributed by atoms with Crippen molar-refractivity contribution in [1.82, 2.24) is 20.2 Å². The molecule has 3 rings (SSSR count). The number of hydrogen-bond acceptors (Lipinski definition) is 7. The summed E-state index contributed by atoms with van der Waals surface area (Å²) < 4.78 is 13.0. The van der Waals surface area contributed by atoms with E-state index < -0.39 is 0 Å². The Morgan fingerprint density at radius 3 is 3.26 bits per heavy atom. The first-order valence-corrected chi connectivity index (χ1v) is 8.47. The summed E-state index contributed by atoms with van der Waals surface area (Å²) in [5.41, 5.74) is 0.593. The lowest BCUT2D eigenvalue weighted by molar-refractivity contribution is 0.0912. The molecule has 0 amide bonds. The SMILES string of the molecule is N#Cc1cccc(OCCSc2nnnn2CC2CCCO2)c1. The van der Waals surface area contributed by atoms with E-state index in [0.717, 1.165) is 30.4 Å². The Bertz CT molecular complexity index is 679. The topological polar surface area (TPSA) is 85.9 Å². The highest BCUT2D eigenvalue weighted by Gasteiger charge is 2.18. The Labute approximate surface area is 138 Å². The van der Waals surface area contributed by atoms with Gasteiger partial charge in [0.2, 0.25) is 5.16 Å². The quantitative estimate of drug-likeness (QED) is 0.565. The molecular formula is C15H17N5O2S. The highest BCUT2D eigenvalue weighted by molar-refractivity contribution is 7.99. The highest BCUT2D eigenvalue weighted by Crippen LogP contribution is 2.19. The fourth-order valence-corrected chi connectivity index (χ4v) is 3.05. The summed E-state index contributed by atoms with van der Waals surface area (Å²) in [5, 5.41) is 21.4. The lowest BCUT2D eigenvalue weighted by atomic mass is 10.2. The van der Waals surface area contributed by atoms with Crippen LogP contribution < -0.4 is 4.74 Å². The minimum absolute atomic E-state index is 0.211. The zero-order valence-electron chi connectivity index (χ0n) is 12.6. The standard InChI is InChI=1S/C15H17N5O2S/c16-10-12-3-1-4-13(9-12)22-7-8-23-15-17-18-19-20(15)11-14-5-2-6-21-14/h1,3-4,9,14H,2,5-8,11H2. The lowest BCUT2D eigenvalue weighted by Crippen LogP contribution is -2.17. The number of ether oxygens (including phenoxy) is 2. The fourth-order valence-electron chi connectivity index (χ4n) is 2.34. The van der Waals surface area contributed by atoms with Crippen molar-refractivity contribution in [1.29, 1.82) is 5.26 Å². The van der Waals surface area contributed by atoms with E-state index in [1.165, 1.54) is 0 Å². The van der Waals surface area contributed by atoms with Crippen molar-refractivity contribution in [3.63, 3.8) is 0 Å². The Balaban J connectivity index is 1.45. The maximum atomic E-state index is 8.86. The third-order valence-electron chi connectivity index (χ3n) is 3.45. The lowest BCUT2D eigenvalue weighted by Gasteiger charge is -2.10. The Kier molecular flexibility index (Phi) is 5.45. The van der Waals surface area contributed by atoms with E-state index in [2.05, 4.69) is 21.6 Å². The smallest absolute Gasteiger partial charge is 0.209 e. The summed E-state index contributed by atoms with van der Waals surface area (Å²) in [6.45, 7) is 2.04. The molecule has 7 nitrogen and oxygen atoms in total. The van der Waals surface area contributed by atoms with Crippen molar-refractivity contribution in [2.75, 3.05) is 19.0 Å². The van der Waals surface area contributed by atoms with Crippen LogP contribution in [0, 0.1) is 11.3 Å². The van der Waals surface area contributed by atoms with Gasteiger partial charge in [0.1, 0.15) is 5.75 Å². The van der Waals surface area contributed by atoms with Crippen LogP contribution in [-0.2, 0) is 11.3 Å². The zero-order chi connectivity index (χ0) is 15.9. The number of aromatic nitrogens is 4. The number of thioether (sulfide) groups is 1. The fraction of sp³-hybridized carbons (Fsp3) is 0.467. The van der Waals surface area contributed by atoms with Crippen molar-refractivity contribution >= 4 is 11.8 Å². The second-order valence-electron chi connectivity index (χ2n) is 5.12. The molecule has 23 heavy (non-hydrogen) atoms. The largest absolute Gasteiger partial charge is 0.493 e. The van der Waals surface area contributed by atoms with Gasteiger partial charge in [0.05, 0.1) is 30.9 Å². The van der Waals surface area contributed by atoms with Crippen molar-refractivity contribution in [3.05, 3.63) is 29.8 Å². The summed E-state index contributed by atoms with van der Waals surface area (Å²) in [5.74, 6) is 1.42. The number of nitrogens with zero attached hydrogens (tertiary/aromatic N) is 5. The van der Waals surface area contributed by atoms with Crippen molar-refractivity contribution in [2.24, 2.45) is 0 Å². The minimum atomic E-state index is 0.211. The maximum Gasteiger partial charge on any atom is 0.209 e. The molecule has 2 aromatic rings. The summed E-state index contributed by atoms with van der Waals surface area (Å²) in [4.78, 5) is 0. The van der Waals surface area contributed by atoms with E-state index in [-0.39, 0.29) is 6.10 Å². The highest BCUT2D eigenvalue weighted by atomic mass is 32.2. The summed E-state index contributed by atoms with van der Waals surface area (Å²) in [7, 11) is 0. The van der Waals surface area contributed by atoms with E-state index in [1.54, 1.807) is 28.6 Å². The van der Waals surface area contributed by atoms with Gasteiger partial charge in [-0.15, -0.1) is 5.10 Å². The summed E-state index contributed by atoms with van der Waals surface area (Å²) in [6.07, 6.45) is 2.37. The summed E-state index contributed by atoms with van der Waals surface area (Å²) >= 11 is 1.55.